The van der Waals surface area contributed by atoms with Crippen LogP contribution in [0.2, 0.25) is 0 Å². The van der Waals surface area contributed by atoms with E-state index in [-0.39, 0.29) is 12.5 Å². The summed E-state index contributed by atoms with van der Waals surface area (Å²) < 4.78 is 0. The summed E-state index contributed by atoms with van der Waals surface area (Å²) in [5.74, 6) is -1.25. The number of rotatable bonds is 7. The normalized spacial score (nSPS) is 11.6. The lowest BCUT2D eigenvalue weighted by atomic mass is 10.2. The van der Waals surface area contributed by atoms with E-state index < -0.39 is 18.0 Å². The molecule has 0 saturated heterocycles. The molecular formula is C12H23N3O4. The Hall–Kier alpha value is -1.79. The molecule has 0 saturated carbocycles. The first-order chi connectivity index (χ1) is 8.87. The predicted octanol–water partition coefficient (Wildman–Crippen LogP) is 0.359. The number of nitrogens with one attached hydrogen (secondary N) is 1. The Morgan fingerprint density at radius 2 is 1.68 bits per heavy atom. The first-order valence-corrected chi connectivity index (χ1v) is 6.39. The zero-order valence-electron chi connectivity index (χ0n) is 12.0. The number of carboxylic acids is 1. The summed E-state index contributed by atoms with van der Waals surface area (Å²) in [6, 6.07) is -1.49. The molecule has 0 aromatic heterocycles. The maximum absolute atomic E-state index is 11.8. The minimum Gasteiger partial charge on any atom is -0.480 e. The van der Waals surface area contributed by atoms with E-state index in [2.05, 4.69) is 5.32 Å². The fourth-order valence-electron chi connectivity index (χ4n) is 1.55. The lowest BCUT2D eigenvalue weighted by molar-refractivity contribution is -0.139. The Labute approximate surface area is 113 Å². The first kappa shape index (κ1) is 17.2. The summed E-state index contributed by atoms with van der Waals surface area (Å²) >= 11 is 0. The standard InChI is InChI=1S/C12H23N3O4/c1-5-9(11(17)18)13-12(19)14(4)8-10(16)15(6-2)7-3/h9H,5-8H2,1-4H3,(H,13,19)(H,17,18). The lowest BCUT2D eigenvalue weighted by Crippen LogP contribution is -2.49. The predicted molar refractivity (Wildman–Crippen MR) is 70.8 cm³/mol. The highest BCUT2D eigenvalue weighted by molar-refractivity contribution is 5.86. The van der Waals surface area contributed by atoms with Gasteiger partial charge in [-0.25, -0.2) is 9.59 Å². The van der Waals surface area contributed by atoms with Crippen molar-refractivity contribution in [2.24, 2.45) is 0 Å². The van der Waals surface area contributed by atoms with Gasteiger partial charge in [0.25, 0.3) is 0 Å². The Balaban J connectivity index is 4.41. The molecule has 0 radical (unpaired) electrons. The molecule has 7 nitrogen and oxygen atoms in total. The minimum atomic E-state index is -1.08. The molecule has 7 heteroatoms. The van der Waals surface area contributed by atoms with Crippen LogP contribution >= 0.6 is 0 Å². The van der Waals surface area contributed by atoms with Crippen LogP contribution in [-0.4, -0.2) is 65.5 Å². The number of hydrogen-bond acceptors (Lipinski definition) is 3. The molecule has 0 aliphatic carbocycles. The zero-order valence-corrected chi connectivity index (χ0v) is 12.0. The molecule has 0 aliphatic heterocycles. The van der Waals surface area contributed by atoms with Gasteiger partial charge in [0.15, 0.2) is 0 Å². The van der Waals surface area contributed by atoms with Crippen molar-refractivity contribution in [2.45, 2.75) is 33.2 Å². The van der Waals surface area contributed by atoms with Gasteiger partial charge < -0.3 is 20.2 Å². The van der Waals surface area contributed by atoms with Crippen molar-refractivity contribution < 1.29 is 19.5 Å². The van der Waals surface area contributed by atoms with Crippen LogP contribution in [0.4, 0.5) is 4.79 Å². The Morgan fingerprint density at radius 3 is 2.05 bits per heavy atom. The topological polar surface area (TPSA) is 90.0 Å². The highest BCUT2D eigenvalue weighted by Crippen LogP contribution is 1.96. The largest absolute Gasteiger partial charge is 0.480 e. The van der Waals surface area contributed by atoms with E-state index in [0.717, 1.165) is 0 Å². The average molecular weight is 273 g/mol. The van der Waals surface area contributed by atoms with Gasteiger partial charge in [0.05, 0.1) is 0 Å². The van der Waals surface area contributed by atoms with E-state index >= 15 is 0 Å². The number of likely N-dealkylation sites (N-methyl/N-ethyl adjacent to an activating group) is 2. The van der Waals surface area contributed by atoms with Crippen LogP contribution in [0.1, 0.15) is 27.2 Å². The molecule has 0 bridgehead atoms. The second-order valence-corrected chi connectivity index (χ2v) is 4.17. The fourth-order valence-corrected chi connectivity index (χ4v) is 1.55. The third-order valence-electron chi connectivity index (χ3n) is 2.84. The third-order valence-corrected chi connectivity index (χ3v) is 2.84. The van der Waals surface area contributed by atoms with Gasteiger partial charge in [-0.2, -0.15) is 0 Å². The smallest absolute Gasteiger partial charge is 0.326 e. The second kappa shape index (κ2) is 8.34. The van der Waals surface area contributed by atoms with Gasteiger partial charge in [-0.15, -0.1) is 0 Å². The van der Waals surface area contributed by atoms with E-state index in [4.69, 9.17) is 5.11 Å². The number of carbonyl (C=O) groups is 3. The second-order valence-electron chi connectivity index (χ2n) is 4.17. The van der Waals surface area contributed by atoms with Crippen molar-refractivity contribution in [3.63, 3.8) is 0 Å². The molecule has 1 unspecified atom stereocenters. The van der Waals surface area contributed by atoms with E-state index in [1.165, 1.54) is 11.9 Å². The van der Waals surface area contributed by atoms with Crippen LogP contribution in [0.15, 0.2) is 0 Å². The molecule has 0 spiro atoms. The number of carbonyl (C=O) groups excluding carboxylic acids is 2. The fraction of sp³-hybridized carbons (Fsp3) is 0.750. The van der Waals surface area contributed by atoms with E-state index in [9.17, 15) is 14.4 Å². The third kappa shape index (κ3) is 5.58. The maximum Gasteiger partial charge on any atom is 0.326 e. The molecule has 0 aromatic carbocycles. The number of urea groups is 1. The summed E-state index contributed by atoms with van der Waals surface area (Å²) in [7, 11) is 1.46. The molecule has 0 heterocycles. The number of hydrogen-bond donors (Lipinski definition) is 2. The van der Waals surface area contributed by atoms with Crippen molar-refractivity contribution in [1.82, 2.24) is 15.1 Å². The molecule has 0 aromatic rings. The Kier molecular flexibility index (Phi) is 7.55. The summed E-state index contributed by atoms with van der Waals surface area (Å²) in [5.41, 5.74) is 0. The van der Waals surface area contributed by atoms with Crippen molar-refractivity contribution >= 4 is 17.9 Å². The van der Waals surface area contributed by atoms with Crippen molar-refractivity contribution in [1.29, 1.82) is 0 Å². The zero-order chi connectivity index (χ0) is 15.0. The summed E-state index contributed by atoms with van der Waals surface area (Å²) in [6.45, 7) is 6.48. The monoisotopic (exact) mass is 273 g/mol. The van der Waals surface area contributed by atoms with Crippen LogP contribution in [-0.2, 0) is 9.59 Å². The highest BCUT2D eigenvalue weighted by atomic mass is 16.4. The Morgan fingerprint density at radius 1 is 1.16 bits per heavy atom. The van der Waals surface area contributed by atoms with Gasteiger partial charge in [-0.3, -0.25) is 4.79 Å². The number of nitrogens with zero attached hydrogens (tertiary/aromatic N) is 2. The number of carboxylic acid groups (broad SMARTS) is 1. The lowest BCUT2D eigenvalue weighted by Gasteiger charge is -2.24. The highest BCUT2D eigenvalue weighted by Gasteiger charge is 2.21. The van der Waals surface area contributed by atoms with Crippen LogP contribution in [0, 0.1) is 0 Å². The van der Waals surface area contributed by atoms with Crippen LogP contribution in [0.3, 0.4) is 0 Å². The van der Waals surface area contributed by atoms with Gasteiger partial charge in [0.1, 0.15) is 12.6 Å². The van der Waals surface area contributed by atoms with E-state index in [0.29, 0.717) is 19.5 Å². The van der Waals surface area contributed by atoms with E-state index in [1.807, 2.05) is 13.8 Å². The first-order valence-electron chi connectivity index (χ1n) is 6.39. The molecule has 0 aliphatic rings. The van der Waals surface area contributed by atoms with Crippen molar-refractivity contribution in [3.8, 4) is 0 Å². The van der Waals surface area contributed by atoms with Gasteiger partial charge >= 0.3 is 12.0 Å². The van der Waals surface area contributed by atoms with Gasteiger partial charge in [-0.1, -0.05) is 6.92 Å². The van der Waals surface area contributed by atoms with Crippen molar-refractivity contribution in [2.75, 3.05) is 26.7 Å². The van der Waals surface area contributed by atoms with Gasteiger partial charge in [0, 0.05) is 20.1 Å². The van der Waals surface area contributed by atoms with Crippen molar-refractivity contribution in [3.05, 3.63) is 0 Å². The molecule has 19 heavy (non-hydrogen) atoms. The minimum absolute atomic E-state index is 0.0659. The molecular weight excluding hydrogens is 250 g/mol. The Bertz CT molecular complexity index is 329. The average Bonchev–Trinajstić information content (AvgIpc) is 2.36. The van der Waals surface area contributed by atoms with E-state index in [1.54, 1.807) is 11.8 Å². The number of amides is 3. The molecule has 3 amide bonds. The van der Waals surface area contributed by atoms with Gasteiger partial charge in [-0.05, 0) is 20.3 Å². The van der Waals surface area contributed by atoms with Gasteiger partial charge in [0.2, 0.25) is 5.91 Å². The molecule has 1 atom stereocenters. The van der Waals surface area contributed by atoms with Crippen LogP contribution < -0.4 is 5.32 Å². The maximum atomic E-state index is 11.8. The summed E-state index contributed by atoms with van der Waals surface area (Å²) in [4.78, 5) is 37.1. The molecule has 0 fully saturated rings. The quantitative estimate of drug-likeness (QED) is 0.700. The van der Waals surface area contributed by atoms with Crippen LogP contribution in [0.25, 0.3) is 0 Å². The molecule has 0 rings (SSSR count). The molecule has 2 N–H and O–H groups in total. The SMILES string of the molecule is CCC(NC(=O)N(C)CC(=O)N(CC)CC)C(=O)O. The molecule has 110 valence electrons. The summed E-state index contributed by atoms with van der Waals surface area (Å²) in [5, 5.41) is 11.2. The number of aliphatic carboxylic acids is 1. The summed E-state index contributed by atoms with van der Waals surface area (Å²) in [6.07, 6.45) is 0.291. The van der Waals surface area contributed by atoms with Crippen LogP contribution in [0.5, 0.6) is 0 Å².